The fourth-order valence-electron chi connectivity index (χ4n) is 1.66. The Morgan fingerprint density at radius 3 is 2.54 bits per heavy atom. The van der Waals surface area contributed by atoms with E-state index in [0.717, 1.165) is 5.56 Å². The highest BCUT2D eigenvalue weighted by Crippen LogP contribution is 2.22. The van der Waals surface area contributed by atoms with Gasteiger partial charge in [0.15, 0.2) is 0 Å². The highest BCUT2D eigenvalue weighted by atomic mass is 16.2. The summed E-state index contributed by atoms with van der Waals surface area (Å²) < 4.78 is 0. The van der Waals surface area contributed by atoms with Crippen LogP contribution in [-0.4, -0.2) is 11.9 Å². The van der Waals surface area contributed by atoms with Crippen LogP contribution < -0.4 is 11.1 Å². The van der Waals surface area contributed by atoms with Crippen LogP contribution >= 0.6 is 0 Å². The molecule has 1 aliphatic heterocycles. The molecular weight excluding hydrogens is 164 g/mol. The Balaban J connectivity index is 2.23. The Morgan fingerprint density at radius 2 is 2.00 bits per heavy atom. The molecule has 13 heavy (non-hydrogen) atoms. The van der Waals surface area contributed by atoms with Crippen LogP contribution in [-0.2, 0) is 4.79 Å². The van der Waals surface area contributed by atoms with Crippen molar-refractivity contribution in [2.24, 2.45) is 5.73 Å². The van der Waals surface area contributed by atoms with Crippen LogP contribution in [0.4, 0.5) is 0 Å². The van der Waals surface area contributed by atoms with Crippen LogP contribution in [0.25, 0.3) is 0 Å². The van der Waals surface area contributed by atoms with E-state index in [1.807, 2.05) is 30.3 Å². The maximum atomic E-state index is 11.0. The largest absolute Gasteiger partial charge is 0.348 e. The maximum absolute atomic E-state index is 11.0. The van der Waals surface area contributed by atoms with E-state index in [1.165, 1.54) is 0 Å². The van der Waals surface area contributed by atoms with Gasteiger partial charge in [0.05, 0.1) is 6.04 Å². The highest BCUT2D eigenvalue weighted by Gasteiger charge is 2.29. The first-order chi connectivity index (χ1) is 6.27. The quantitative estimate of drug-likeness (QED) is 0.657. The molecule has 3 heteroatoms. The van der Waals surface area contributed by atoms with E-state index in [2.05, 4.69) is 5.32 Å². The van der Waals surface area contributed by atoms with E-state index in [-0.39, 0.29) is 18.0 Å². The second kappa shape index (κ2) is 3.18. The Morgan fingerprint density at radius 1 is 1.31 bits per heavy atom. The van der Waals surface area contributed by atoms with Crippen LogP contribution in [0, 0.1) is 0 Å². The Kier molecular flexibility index (Phi) is 2.02. The topological polar surface area (TPSA) is 55.1 Å². The van der Waals surface area contributed by atoms with Crippen molar-refractivity contribution in [2.75, 3.05) is 0 Å². The molecule has 1 aliphatic rings. The molecule has 0 unspecified atom stereocenters. The molecular formula is C10H12N2O. The summed E-state index contributed by atoms with van der Waals surface area (Å²) in [6, 6.07) is 9.72. The third-order valence-electron chi connectivity index (χ3n) is 2.32. The minimum absolute atomic E-state index is 0.00583. The van der Waals surface area contributed by atoms with Gasteiger partial charge in [-0.1, -0.05) is 30.3 Å². The fraction of sp³-hybridized carbons (Fsp3) is 0.300. The summed E-state index contributed by atoms with van der Waals surface area (Å²) in [7, 11) is 0. The molecule has 0 spiro atoms. The van der Waals surface area contributed by atoms with E-state index in [0.29, 0.717) is 6.42 Å². The number of hydrogen-bond acceptors (Lipinski definition) is 2. The number of amides is 1. The van der Waals surface area contributed by atoms with Crippen molar-refractivity contribution in [3.63, 3.8) is 0 Å². The zero-order valence-corrected chi connectivity index (χ0v) is 7.23. The lowest BCUT2D eigenvalue weighted by Gasteiger charge is -2.14. The minimum atomic E-state index is -0.0881. The summed E-state index contributed by atoms with van der Waals surface area (Å²) in [4.78, 5) is 11.0. The van der Waals surface area contributed by atoms with Crippen LogP contribution in [0.3, 0.4) is 0 Å². The molecule has 0 bridgehead atoms. The Labute approximate surface area is 76.9 Å². The van der Waals surface area contributed by atoms with Gasteiger partial charge in [-0.15, -0.1) is 0 Å². The zero-order chi connectivity index (χ0) is 9.26. The summed E-state index contributed by atoms with van der Waals surface area (Å²) in [6.07, 6.45) is 0.430. The van der Waals surface area contributed by atoms with Crippen molar-refractivity contribution >= 4 is 5.91 Å². The second-order valence-electron chi connectivity index (χ2n) is 3.32. The third-order valence-corrected chi connectivity index (χ3v) is 2.32. The SMILES string of the molecule is N[C@H]1CC(=O)N[C@H]1c1ccccc1. The lowest BCUT2D eigenvalue weighted by atomic mass is 10.0. The van der Waals surface area contributed by atoms with E-state index in [9.17, 15) is 4.79 Å². The van der Waals surface area contributed by atoms with Crippen molar-refractivity contribution in [1.82, 2.24) is 5.32 Å². The van der Waals surface area contributed by atoms with E-state index >= 15 is 0 Å². The summed E-state index contributed by atoms with van der Waals surface area (Å²) in [6.45, 7) is 0. The monoisotopic (exact) mass is 176 g/mol. The van der Waals surface area contributed by atoms with Gasteiger partial charge >= 0.3 is 0 Å². The number of nitrogens with one attached hydrogen (secondary N) is 1. The molecule has 68 valence electrons. The molecule has 1 saturated heterocycles. The number of benzene rings is 1. The molecule has 2 atom stereocenters. The van der Waals surface area contributed by atoms with Gasteiger partial charge in [0, 0.05) is 12.5 Å². The second-order valence-corrected chi connectivity index (χ2v) is 3.32. The van der Waals surface area contributed by atoms with E-state index < -0.39 is 0 Å². The van der Waals surface area contributed by atoms with Crippen LogP contribution in [0.1, 0.15) is 18.0 Å². The molecule has 3 N–H and O–H groups in total. The molecule has 1 amide bonds. The van der Waals surface area contributed by atoms with Gasteiger partial charge in [-0.2, -0.15) is 0 Å². The molecule has 0 saturated carbocycles. The van der Waals surface area contributed by atoms with Crippen molar-refractivity contribution in [2.45, 2.75) is 18.5 Å². The number of carbonyl (C=O) groups excluding carboxylic acids is 1. The standard InChI is InChI=1S/C10H12N2O/c11-8-6-9(13)12-10(8)7-4-2-1-3-5-7/h1-5,8,10H,6,11H2,(H,12,13)/t8-,10-/m0/s1. The van der Waals surface area contributed by atoms with Gasteiger partial charge in [0.25, 0.3) is 0 Å². The van der Waals surface area contributed by atoms with Crippen molar-refractivity contribution in [3.05, 3.63) is 35.9 Å². The molecule has 0 radical (unpaired) electrons. The first-order valence-corrected chi connectivity index (χ1v) is 4.37. The zero-order valence-electron chi connectivity index (χ0n) is 7.23. The van der Waals surface area contributed by atoms with Crippen molar-refractivity contribution in [1.29, 1.82) is 0 Å². The maximum Gasteiger partial charge on any atom is 0.222 e. The molecule has 1 aromatic carbocycles. The van der Waals surface area contributed by atoms with Gasteiger partial charge < -0.3 is 11.1 Å². The molecule has 0 aromatic heterocycles. The summed E-state index contributed by atoms with van der Waals surface area (Å²) in [5.74, 6) is 0.0429. The molecule has 2 rings (SSSR count). The average Bonchev–Trinajstić information content (AvgIpc) is 2.47. The smallest absolute Gasteiger partial charge is 0.222 e. The van der Waals surface area contributed by atoms with Crippen LogP contribution in [0.15, 0.2) is 30.3 Å². The summed E-state index contributed by atoms with van der Waals surface area (Å²) in [5.41, 5.74) is 6.90. The molecule has 1 fully saturated rings. The van der Waals surface area contributed by atoms with Crippen LogP contribution in [0.2, 0.25) is 0 Å². The van der Waals surface area contributed by atoms with Gasteiger partial charge in [0.2, 0.25) is 5.91 Å². The van der Waals surface area contributed by atoms with Gasteiger partial charge in [-0.05, 0) is 5.56 Å². The minimum Gasteiger partial charge on any atom is -0.348 e. The normalized spacial score (nSPS) is 27.3. The highest BCUT2D eigenvalue weighted by molar-refractivity contribution is 5.80. The molecule has 3 nitrogen and oxygen atoms in total. The van der Waals surface area contributed by atoms with E-state index in [1.54, 1.807) is 0 Å². The first kappa shape index (κ1) is 8.26. The third kappa shape index (κ3) is 1.55. The van der Waals surface area contributed by atoms with Crippen molar-refractivity contribution < 1.29 is 4.79 Å². The number of hydrogen-bond donors (Lipinski definition) is 2. The Hall–Kier alpha value is -1.35. The predicted octanol–water partition coefficient (Wildman–Crippen LogP) is 0.575. The number of rotatable bonds is 1. The van der Waals surface area contributed by atoms with Gasteiger partial charge in [-0.25, -0.2) is 0 Å². The fourth-order valence-corrected chi connectivity index (χ4v) is 1.66. The summed E-state index contributed by atoms with van der Waals surface area (Å²) in [5, 5.41) is 2.86. The molecule has 0 aliphatic carbocycles. The molecule has 1 heterocycles. The van der Waals surface area contributed by atoms with Gasteiger partial charge in [-0.3, -0.25) is 4.79 Å². The summed E-state index contributed by atoms with van der Waals surface area (Å²) >= 11 is 0. The lowest BCUT2D eigenvalue weighted by molar-refractivity contribution is -0.119. The van der Waals surface area contributed by atoms with Crippen molar-refractivity contribution in [3.8, 4) is 0 Å². The van der Waals surface area contributed by atoms with E-state index in [4.69, 9.17) is 5.73 Å². The Bertz CT molecular complexity index is 310. The lowest BCUT2D eigenvalue weighted by Crippen LogP contribution is -2.28. The van der Waals surface area contributed by atoms with Gasteiger partial charge in [0.1, 0.15) is 0 Å². The molecule has 1 aromatic rings. The number of nitrogens with two attached hydrogens (primary N) is 1. The predicted molar refractivity (Wildman–Crippen MR) is 49.9 cm³/mol. The first-order valence-electron chi connectivity index (χ1n) is 4.37. The average molecular weight is 176 g/mol. The van der Waals surface area contributed by atoms with Crippen LogP contribution in [0.5, 0.6) is 0 Å². The number of carbonyl (C=O) groups is 1.